The maximum absolute atomic E-state index is 9.46. The molecule has 0 atom stereocenters. The monoisotopic (exact) mass is 204 g/mol. The third kappa shape index (κ3) is 2.60. The second-order valence-corrected chi connectivity index (χ2v) is 3.20. The van der Waals surface area contributed by atoms with Gasteiger partial charge in [0.05, 0.1) is 12.9 Å². The lowest BCUT2D eigenvalue weighted by Gasteiger charge is -2.04. The molecule has 0 spiro atoms. The zero-order chi connectivity index (χ0) is 10.5. The van der Waals surface area contributed by atoms with Crippen LogP contribution in [0.15, 0.2) is 47.1 Å². The first-order chi connectivity index (χ1) is 7.36. The van der Waals surface area contributed by atoms with Gasteiger partial charge in [-0.1, -0.05) is 18.2 Å². The number of phenols is 1. The highest BCUT2D eigenvalue weighted by Gasteiger charge is 2.00. The molecule has 0 aliphatic heterocycles. The SMILES string of the molecule is Oc1ccccc1COCc1ccco1. The Bertz CT molecular complexity index is 407. The standard InChI is InChI=1S/C12H12O3/c13-12-6-2-1-4-10(12)8-14-9-11-5-3-7-15-11/h1-7,13H,8-9H2. The van der Waals surface area contributed by atoms with E-state index in [0.717, 1.165) is 11.3 Å². The molecule has 1 heterocycles. The summed E-state index contributed by atoms with van der Waals surface area (Å²) in [6.45, 7) is 0.800. The Kier molecular flexibility index (Phi) is 3.05. The van der Waals surface area contributed by atoms with E-state index in [0.29, 0.717) is 13.2 Å². The third-order valence-corrected chi connectivity index (χ3v) is 2.07. The molecule has 0 fully saturated rings. The fourth-order valence-corrected chi connectivity index (χ4v) is 1.29. The number of aromatic hydroxyl groups is 1. The van der Waals surface area contributed by atoms with Gasteiger partial charge in [-0.3, -0.25) is 0 Å². The molecular weight excluding hydrogens is 192 g/mol. The van der Waals surface area contributed by atoms with E-state index in [1.165, 1.54) is 0 Å². The summed E-state index contributed by atoms with van der Waals surface area (Å²) in [5.41, 5.74) is 0.782. The van der Waals surface area contributed by atoms with Gasteiger partial charge in [0, 0.05) is 5.56 Å². The molecule has 1 N–H and O–H groups in total. The molecule has 0 radical (unpaired) electrons. The summed E-state index contributed by atoms with van der Waals surface area (Å²) >= 11 is 0. The minimum atomic E-state index is 0.261. The Morgan fingerprint density at radius 2 is 1.93 bits per heavy atom. The number of ether oxygens (including phenoxy) is 1. The van der Waals surface area contributed by atoms with Gasteiger partial charge in [0.2, 0.25) is 0 Å². The number of benzene rings is 1. The summed E-state index contributed by atoms with van der Waals surface area (Å²) in [6, 6.07) is 10.8. The first-order valence-electron chi connectivity index (χ1n) is 4.73. The van der Waals surface area contributed by atoms with Crippen LogP contribution in [0.5, 0.6) is 5.75 Å². The van der Waals surface area contributed by atoms with E-state index < -0.39 is 0 Å². The van der Waals surface area contributed by atoms with Gasteiger partial charge >= 0.3 is 0 Å². The number of hydrogen-bond acceptors (Lipinski definition) is 3. The molecule has 15 heavy (non-hydrogen) atoms. The second-order valence-electron chi connectivity index (χ2n) is 3.20. The normalized spacial score (nSPS) is 10.4. The van der Waals surface area contributed by atoms with Crippen LogP contribution in [0.2, 0.25) is 0 Å². The summed E-state index contributed by atoms with van der Waals surface area (Å²) in [5.74, 6) is 1.04. The summed E-state index contributed by atoms with van der Waals surface area (Å²) in [7, 11) is 0. The first kappa shape index (κ1) is 9.80. The largest absolute Gasteiger partial charge is 0.508 e. The van der Waals surface area contributed by atoms with E-state index in [1.807, 2.05) is 24.3 Å². The molecule has 0 aliphatic rings. The van der Waals surface area contributed by atoms with Crippen LogP contribution in [0.1, 0.15) is 11.3 Å². The number of para-hydroxylation sites is 1. The van der Waals surface area contributed by atoms with E-state index in [-0.39, 0.29) is 5.75 Å². The minimum absolute atomic E-state index is 0.261. The van der Waals surface area contributed by atoms with E-state index >= 15 is 0 Å². The summed E-state index contributed by atoms with van der Waals surface area (Å²) < 4.78 is 10.5. The number of phenolic OH excluding ortho intramolecular Hbond substituents is 1. The maximum atomic E-state index is 9.46. The van der Waals surface area contributed by atoms with Crippen molar-refractivity contribution in [3.63, 3.8) is 0 Å². The van der Waals surface area contributed by atoms with Crippen molar-refractivity contribution in [1.82, 2.24) is 0 Å². The van der Waals surface area contributed by atoms with Gasteiger partial charge < -0.3 is 14.3 Å². The van der Waals surface area contributed by atoms with E-state index in [1.54, 1.807) is 18.4 Å². The fourth-order valence-electron chi connectivity index (χ4n) is 1.29. The van der Waals surface area contributed by atoms with Crippen LogP contribution < -0.4 is 0 Å². The van der Waals surface area contributed by atoms with E-state index in [2.05, 4.69) is 0 Å². The van der Waals surface area contributed by atoms with Gasteiger partial charge in [0.15, 0.2) is 0 Å². The molecule has 3 heteroatoms. The average Bonchev–Trinajstić information content (AvgIpc) is 2.74. The Morgan fingerprint density at radius 3 is 2.67 bits per heavy atom. The van der Waals surface area contributed by atoms with Gasteiger partial charge in [0.25, 0.3) is 0 Å². The summed E-state index contributed by atoms with van der Waals surface area (Å²) in [4.78, 5) is 0. The van der Waals surface area contributed by atoms with Crippen molar-refractivity contribution < 1.29 is 14.3 Å². The Hall–Kier alpha value is -1.74. The smallest absolute Gasteiger partial charge is 0.129 e. The topological polar surface area (TPSA) is 42.6 Å². The lowest BCUT2D eigenvalue weighted by Crippen LogP contribution is -1.93. The van der Waals surface area contributed by atoms with Crippen LogP contribution in [0.4, 0.5) is 0 Å². The second kappa shape index (κ2) is 4.66. The van der Waals surface area contributed by atoms with Gasteiger partial charge in [-0.25, -0.2) is 0 Å². The Morgan fingerprint density at radius 1 is 1.07 bits per heavy atom. The molecule has 2 aromatic rings. The third-order valence-electron chi connectivity index (χ3n) is 2.07. The summed E-state index contributed by atoms with van der Waals surface area (Å²) in [6.07, 6.45) is 1.61. The fraction of sp³-hybridized carbons (Fsp3) is 0.167. The molecule has 1 aromatic heterocycles. The van der Waals surface area contributed by atoms with Crippen molar-refractivity contribution in [3.8, 4) is 5.75 Å². The van der Waals surface area contributed by atoms with Crippen molar-refractivity contribution in [2.45, 2.75) is 13.2 Å². The molecule has 2 rings (SSSR count). The van der Waals surface area contributed by atoms with Crippen molar-refractivity contribution in [1.29, 1.82) is 0 Å². The quantitative estimate of drug-likeness (QED) is 0.832. The number of rotatable bonds is 4. The lowest BCUT2D eigenvalue weighted by atomic mass is 10.2. The van der Waals surface area contributed by atoms with Gasteiger partial charge in [-0.15, -0.1) is 0 Å². The molecule has 1 aromatic carbocycles. The number of hydrogen-bond donors (Lipinski definition) is 1. The van der Waals surface area contributed by atoms with Crippen LogP contribution >= 0.6 is 0 Å². The van der Waals surface area contributed by atoms with Gasteiger partial charge in [-0.2, -0.15) is 0 Å². The molecule has 0 saturated heterocycles. The van der Waals surface area contributed by atoms with Crippen molar-refractivity contribution in [2.75, 3.05) is 0 Å². The van der Waals surface area contributed by atoms with Crippen molar-refractivity contribution in [2.24, 2.45) is 0 Å². The zero-order valence-corrected chi connectivity index (χ0v) is 8.22. The maximum Gasteiger partial charge on any atom is 0.129 e. The molecule has 78 valence electrons. The average molecular weight is 204 g/mol. The first-order valence-corrected chi connectivity index (χ1v) is 4.73. The minimum Gasteiger partial charge on any atom is -0.508 e. The van der Waals surface area contributed by atoms with E-state index in [4.69, 9.17) is 9.15 Å². The van der Waals surface area contributed by atoms with Crippen LogP contribution in [0.3, 0.4) is 0 Å². The summed E-state index contributed by atoms with van der Waals surface area (Å²) in [5, 5.41) is 9.46. The molecule has 0 bridgehead atoms. The number of furan rings is 1. The van der Waals surface area contributed by atoms with Crippen molar-refractivity contribution in [3.05, 3.63) is 54.0 Å². The molecule has 0 saturated carbocycles. The predicted octanol–water partition coefficient (Wildman–Crippen LogP) is 2.70. The molecule has 3 nitrogen and oxygen atoms in total. The van der Waals surface area contributed by atoms with Crippen LogP contribution in [-0.4, -0.2) is 5.11 Å². The Labute approximate surface area is 87.9 Å². The highest BCUT2D eigenvalue weighted by Crippen LogP contribution is 2.17. The van der Waals surface area contributed by atoms with E-state index in [9.17, 15) is 5.11 Å². The lowest BCUT2D eigenvalue weighted by molar-refractivity contribution is 0.0915. The van der Waals surface area contributed by atoms with Crippen LogP contribution in [0, 0.1) is 0 Å². The van der Waals surface area contributed by atoms with Crippen LogP contribution in [0.25, 0.3) is 0 Å². The molecule has 0 amide bonds. The predicted molar refractivity (Wildman–Crippen MR) is 55.3 cm³/mol. The van der Waals surface area contributed by atoms with Crippen molar-refractivity contribution >= 4 is 0 Å². The van der Waals surface area contributed by atoms with Gasteiger partial charge in [-0.05, 0) is 18.2 Å². The highest BCUT2D eigenvalue weighted by molar-refractivity contribution is 5.30. The zero-order valence-electron chi connectivity index (χ0n) is 8.22. The van der Waals surface area contributed by atoms with Crippen LogP contribution in [-0.2, 0) is 18.0 Å². The molecule has 0 aliphatic carbocycles. The Balaban J connectivity index is 1.86. The van der Waals surface area contributed by atoms with Gasteiger partial charge in [0.1, 0.15) is 18.1 Å². The molecular formula is C12H12O3. The molecule has 0 unspecified atom stereocenters. The highest BCUT2D eigenvalue weighted by atomic mass is 16.5.